The molecule has 0 unspecified atom stereocenters. The Kier molecular flexibility index (Phi) is 3.91. The first-order valence-electron chi connectivity index (χ1n) is 9.12. The molecule has 2 saturated heterocycles. The normalized spacial score (nSPS) is 27.4. The molecule has 126 valence electrons. The van der Waals surface area contributed by atoms with Crippen molar-refractivity contribution in [2.24, 2.45) is 5.92 Å². The molecule has 5 nitrogen and oxygen atoms in total. The first-order chi connectivity index (χ1) is 11.7. The molecule has 1 spiro atoms. The molecule has 3 fully saturated rings. The number of rotatable bonds is 3. The smallest absolute Gasteiger partial charge is 0.223 e. The Hall–Kier alpha value is -2.09. The highest BCUT2D eigenvalue weighted by Crippen LogP contribution is 2.42. The van der Waals surface area contributed by atoms with Gasteiger partial charge in [-0.1, -0.05) is 0 Å². The van der Waals surface area contributed by atoms with Crippen LogP contribution in [0, 0.1) is 17.2 Å². The summed E-state index contributed by atoms with van der Waals surface area (Å²) in [6.07, 6.45) is 9.22. The zero-order valence-corrected chi connectivity index (χ0v) is 14.1. The molecule has 1 amide bonds. The number of likely N-dealkylation sites (tertiary alicyclic amines) is 1. The van der Waals surface area contributed by atoms with Gasteiger partial charge in [-0.05, 0) is 56.6 Å². The zero-order chi connectivity index (χ0) is 16.6. The van der Waals surface area contributed by atoms with Crippen molar-refractivity contribution in [1.29, 1.82) is 5.26 Å². The molecule has 1 aromatic rings. The number of carbonyl (C=O) groups excluding carboxylic acids is 1. The lowest BCUT2D eigenvalue weighted by Crippen LogP contribution is -2.47. The molecular formula is C19H24N4O. The molecule has 0 N–H and O–H groups in total. The summed E-state index contributed by atoms with van der Waals surface area (Å²) < 4.78 is 0. The Morgan fingerprint density at radius 2 is 2.12 bits per heavy atom. The number of amides is 1. The first kappa shape index (κ1) is 15.4. The summed E-state index contributed by atoms with van der Waals surface area (Å²) in [5.74, 6) is 2.07. The van der Waals surface area contributed by atoms with Crippen molar-refractivity contribution in [2.75, 3.05) is 24.5 Å². The van der Waals surface area contributed by atoms with Gasteiger partial charge in [0.2, 0.25) is 5.91 Å². The monoisotopic (exact) mass is 324 g/mol. The van der Waals surface area contributed by atoms with Crippen LogP contribution in [-0.2, 0) is 4.79 Å². The number of carbonyl (C=O) groups is 1. The number of nitriles is 1. The average Bonchev–Trinajstić information content (AvgIpc) is 3.40. The Balaban J connectivity index is 1.48. The summed E-state index contributed by atoms with van der Waals surface area (Å²) in [7, 11) is 0. The van der Waals surface area contributed by atoms with Crippen molar-refractivity contribution >= 4 is 11.7 Å². The molecule has 0 bridgehead atoms. The van der Waals surface area contributed by atoms with Crippen molar-refractivity contribution in [3.8, 4) is 6.07 Å². The summed E-state index contributed by atoms with van der Waals surface area (Å²) in [5, 5.41) is 8.91. The van der Waals surface area contributed by atoms with Crippen LogP contribution in [-0.4, -0.2) is 41.0 Å². The lowest BCUT2D eigenvalue weighted by atomic mass is 9.87. The summed E-state index contributed by atoms with van der Waals surface area (Å²) in [6.45, 7) is 2.90. The topological polar surface area (TPSA) is 60.2 Å². The lowest BCUT2D eigenvalue weighted by Gasteiger charge is -2.38. The number of hydrogen-bond donors (Lipinski definition) is 0. The Morgan fingerprint density at radius 1 is 1.25 bits per heavy atom. The molecule has 1 atom stereocenters. The van der Waals surface area contributed by atoms with E-state index in [-0.39, 0.29) is 5.54 Å². The molecule has 4 rings (SSSR count). The number of nitrogens with zero attached hydrogens (tertiary/aromatic N) is 4. The number of aromatic nitrogens is 1. The minimum Gasteiger partial charge on any atom is -0.357 e. The van der Waals surface area contributed by atoms with Gasteiger partial charge in [0.1, 0.15) is 11.9 Å². The fourth-order valence-corrected chi connectivity index (χ4v) is 4.30. The molecule has 0 radical (unpaired) electrons. The van der Waals surface area contributed by atoms with Gasteiger partial charge < -0.3 is 9.80 Å². The number of pyridine rings is 1. The third-order valence-electron chi connectivity index (χ3n) is 5.93. The van der Waals surface area contributed by atoms with Crippen LogP contribution in [0.25, 0.3) is 0 Å². The standard InChI is InChI=1S/C19H24N4O/c20-12-16-4-5-17(21-13-16)22-10-1-7-19(9-11-22)8-6-18(24)23(19)14-15-2-3-15/h4-5,13,15H,1-3,6-11,14H2/t19-/m0/s1. The highest BCUT2D eigenvalue weighted by molar-refractivity contribution is 5.79. The predicted octanol–water partition coefficient (Wildman–Crippen LogP) is 2.71. The number of anilines is 1. The lowest BCUT2D eigenvalue weighted by molar-refractivity contribution is -0.131. The van der Waals surface area contributed by atoms with Crippen molar-refractivity contribution < 1.29 is 4.79 Å². The highest BCUT2D eigenvalue weighted by Gasteiger charge is 2.47. The van der Waals surface area contributed by atoms with Crippen LogP contribution in [0.2, 0.25) is 0 Å². The molecule has 24 heavy (non-hydrogen) atoms. The van der Waals surface area contributed by atoms with Crippen LogP contribution in [0.5, 0.6) is 0 Å². The second-order valence-electron chi connectivity index (χ2n) is 7.53. The third-order valence-corrected chi connectivity index (χ3v) is 5.93. The van der Waals surface area contributed by atoms with Crippen molar-refractivity contribution in [3.05, 3.63) is 23.9 Å². The molecule has 3 aliphatic rings. The van der Waals surface area contributed by atoms with E-state index in [1.807, 2.05) is 12.1 Å². The van der Waals surface area contributed by atoms with Gasteiger partial charge in [0, 0.05) is 37.8 Å². The van der Waals surface area contributed by atoms with E-state index in [0.717, 1.165) is 63.5 Å². The van der Waals surface area contributed by atoms with E-state index in [2.05, 4.69) is 20.9 Å². The van der Waals surface area contributed by atoms with Crippen molar-refractivity contribution in [2.45, 2.75) is 50.5 Å². The summed E-state index contributed by atoms with van der Waals surface area (Å²) >= 11 is 0. The molecule has 5 heteroatoms. The highest BCUT2D eigenvalue weighted by atomic mass is 16.2. The van der Waals surface area contributed by atoms with Crippen LogP contribution >= 0.6 is 0 Å². The molecule has 3 heterocycles. The van der Waals surface area contributed by atoms with Crippen LogP contribution < -0.4 is 4.90 Å². The molecule has 0 aromatic carbocycles. The van der Waals surface area contributed by atoms with Crippen LogP contribution in [0.15, 0.2) is 18.3 Å². The van der Waals surface area contributed by atoms with Crippen LogP contribution in [0.4, 0.5) is 5.82 Å². The third kappa shape index (κ3) is 2.86. The maximum Gasteiger partial charge on any atom is 0.223 e. The van der Waals surface area contributed by atoms with Gasteiger partial charge in [0.25, 0.3) is 0 Å². The van der Waals surface area contributed by atoms with E-state index in [1.165, 1.54) is 12.8 Å². The fourth-order valence-electron chi connectivity index (χ4n) is 4.30. The van der Waals surface area contributed by atoms with Gasteiger partial charge in [0.05, 0.1) is 5.56 Å². The fraction of sp³-hybridized carbons (Fsp3) is 0.632. The SMILES string of the molecule is N#Cc1ccc(N2CCC[C@]3(CCC(=O)N3CC3CC3)CC2)nc1. The maximum atomic E-state index is 12.4. The van der Waals surface area contributed by atoms with Crippen molar-refractivity contribution in [1.82, 2.24) is 9.88 Å². The Morgan fingerprint density at radius 3 is 2.83 bits per heavy atom. The van der Waals surface area contributed by atoms with E-state index in [1.54, 1.807) is 6.20 Å². The van der Waals surface area contributed by atoms with Gasteiger partial charge in [0.15, 0.2) is 0 Å². The predicted molar refractivity (Wildman–Crippen MR) is 91.4 cm³/mol. The van der Waals surface area contributed by atoms with E-state index in [0.29, 0.717) is 11.5 Å². The van der Waals surface area contributed by atoms with E-state index >= 15 is 0 Å². The quantitative estimate of drug-likeness (QED) is 0.858. The Bertz CT molecular complexity index is 661. The summed E-state index contributed by atoms with van der Waals surface area (Å²) in [5.41, 5.74) is 0.683. The molecule has 1 aliphatic carbocycles. The summed E-state index contributed by atoms with van der Waals surface area (Å²) in [4.78, 5) is 21.4. The minimum absolute atomic E-state index is 0.0843. The van der Waals surface area contributed by atoms with E-state index in [4.69, 9.17) is 5.26 Å². The second kappa shape index (κ2) is 6.08. The van der Waals surface area contributed by atoms with E-state index in [9.17, 15) is 4.79 Å². The van der Waals surface area contributed by atoms with Gasteiger partial charge in [-0.3, -0.25) is 4.79 Å². The van der Waals surface area contributed by atoms with Gasteiger partial charge in [-0.25, -0.2) is 4.98 Å². The van der Waals surface area contributed by atoms with Gasteiger partial charge in [-0.2, -0.15) is 5.26 Å². The molecule has 1 saturated carbocycles. The zero-order valence-electron chi connectivity index (χ0n) is 14.1. The average molecular weight is 324 g/mol. The minimum atomic E-state index is 0.0843. The van der Waals surface area contributed by atoms with Gasteiger partial charge >= 0.3 is 0 Å². The molecular weight excluding hydrogens is 300 g/mol. The van der Waals surface area contributed by atoms with Crippen molar-refractivity contribution in [3.63, 3.8) is 0 Å². The molecule has 1 aromatic heterocycles. The van der Waals surface area contributed by atoms with Crippen LogP contribution in [0.3, 0.4) is 0 Å². The van der Waals surface area contributed by atoms with Crippen LogP contribution in [0.1, 0.15) is 50.5 Å². The first-order valence-corrected chi connectivity index (χ1v) is 9.12. The second-order valence-corrected chi connectivity index (χ2v) is 7.53. The van der Waals surface area contributed by atoms with Gasteiger partial charge in [-0.15, -0.1) is 0 Å². The molecule has 2 aliphatic heterocycles. The maximum absolute atomic E-state index is 12.4. The largest absolute Gasteiger partial charge is 0.357 e. The summed E-state index contributed by atoms with van der Waals surface area (Å²) in [6, 6.07) is 5.90. The Labute approximate surface area is 143 Å². The number of hydrogen-bond acceptors (Lipinski definition) is 4. The van der Waals surface area contributed by atoms with E-state index < -0.39 is 0 Å².